The molecule has 0 saturated carbocycles. The fourth-order valence-corrected chi connectivity index (χ4v) is 3.66. The summed E-state index contributed by atoms with van der Waals surface area (Å²) in [5, 5.41) is 6.50. The topological polar surface area (TPSA) is 95.0 Å². The predicted molar refractivity (Wildman–Crippen MR) is 122 cm³/mol. The number of rotatable bonds is 7. The molecule has 0 radical (unpaired) electrons. The van der Waals surface area contributed by atoms with Crippen LogP contribution in [-0.2, 0) is 20.1 Å². The monoisotopic (exact) mass is 433 g/mol. The molecule has 1 amide bonds. The molecule has 0 aliphatic carbocycles. The number of nitrogens with zero attached hydrogens (tertiary/aromatic N) is 4. The first kappa shape index (κ1) is 21.5. The zero-order valence-corrected chi connectivity index (χ0v) is 18.8. The zero-order valence-electron chi connectivity index (χ0n) is 18.8. The third-order valence-electron chi connectivity index (χ3n) is 5.62. The van der Waals surface area contributed by atoms with Crippen LogP contribution >= 0.6 is 0 Å². The van der Waals surface area contributed by atoms with Gasteiger partial charge in [0.1, 0.15) is 6.26 Å². The van der Waals surface area contributed by atoms with E-state index in [9.17, 15) is 9.59 Å². The zero-order chi connectivity index (χ0) is 22.8. The maximum atomic E-state index is 12.8. The molecule has 4 aromatic rings. The number of hydrogen-bond donors (Lipinski definition) is 1. The van der Waals surface area contributed by atoms with E-state index in [0.717, 1.165) is 34.3 Å². The lowest BCUT2D eigenvalue weighted by atomic mass is 10.0. The van der Waals surface area contributed by atoms with Crippen LogP contribution in [-0.4, -0.2) is 25.2 Å². The van der Waals surface area contributed by atoms with Crippen molar-refractivity contribution in [3.05, 3.63) is 70.0 Å². The number of amides is 1. The molecule has 0 unspecified atom stereocenters. The van der Waals surface area contributed by atoms with Crippen LogP contribution < -0.4 is 11.0 Å². The summed E-state index contributed by atoms with van der Waals surface area (Å²) < 4.78 is 8.16. The lowest BCUT2D eigenvalue weighted by Gasteiger charge is -2.10. The first-order valence-corrected chi connectivity index (χ1v) is 10.7. The Kier molecular flexibility index (Phi) is 5.94. The van der Waals surface area contributed by atoms with Crippen molar-refractivity contribution in [1.29, 1.82) is 0 Å². The van der Waals surface area contributed by atoms with Crippen LogP contribution in [0.1, 0.15) is 41.8 Å². The van der Waals surface area contributed by atoms with Crippen molar-refractivity contribution in [2.75, 3.05) is 0 Å². The molecule has 3 aromatic heterocycles. The van der Waals surface area contributed by atoms with E-state index in [0.29, 0.717) is 30.2 Å². The normalized spacial score (nSPS) is 11.4. The summed E-state index contributed by atoms with van der Waals surface area (Å²) in [7, 11) is 1.74. The highest BCUT2D eigenvalue weighted by Gasteiger charge is 2.16. The van der Waals surface area contributed by atoms with Crippen LogP contribution in [0.5, 0.6) is 0 Å². The number of fused-ring (bicyclic) bond motifs is 1. The minimum absolute atomic E-state index is 0.0658. The second kappa shape index (κ2) is 8.82. The molecule has 8 nitrogen and oxygen atoms in total. The van der Waals surface area contributed by atoms with Crippen molar-refractivity contribution >= 4 is 17.1 Å². The Morgan fingerprint density at radius 1 is 1.22 bits per heavy atom. The van der Waals surface area contributed by atoms with E-state index >= 15 is 0 Å². The van der Waals surface area contributed by atoms with E-state index in [2.05, 4.69) is 24.3 Å². The van der Waals surface area contributed by atoms with E-state index in [1.165, 1.54) is 6.26 Å². The van der Waals surface area contributed by atoms with Gasteiger partial charge in [-0.1, -0.05) is 25.1 Å². The van der Waals surface area contributed by atoms with Crippen molar-refractivity contribution in [3.8, 4) is 11.3 Å². The molecule has 0 fully saturated rings. The van der Waals surface area contributed by atoms with Crippen LogP contribution in [0.3, 0.4) is 0 Å². The molecule has 4 rings (SSSR count). The average Bonchev–Trinajstić information content (AvgIpc) is 3.38. The largest absolute Gasteiger partial charge is 0.364 e. The molecule has 1 N–H and O–H groups in total. The molecule has 0 atom stereocenters. The summed E-state index contributed by atoms with van der Waals surface area (Å²) in [4.78, 5) is 30.2. The summed E-state index contributed by atoms with van der Waals surface area (Å²) in [6, 6.07) is 9.38. The lowest BCUT2D eigenvalue weighted by molar-refractivity contribution is 0.0951. The molecule has 0 spiro atoms. The van der Waals surface area contributed by atoms with E-state index in [1.807, 2.05) is 31.2 Å². The Labute approximate surface area is 185 Å². The van der Waals surface area contributed by atoms with Gasteiger partial charge in [-0.3, -0.25) is 13.9 Å². The minimum atomic E-state index is -0.194. The highest BCUT2D eigenvalue weighted by molar-refractivity contribution is 5.95. The van der Waals surface area contributed by atoms with Crippen LogP contribution in [0.4, 0.5) is 0 Å². The smallest absolute Gasteiger partial charge is 0.330 e. The minimum Gasteiger partial charge on any atom is -0.364 e. The average molecular weight is 434 g/mol. The summed E-state index contributed by atoms with van der Waals surface area (Å²) in [6.45, 7) is 7.26. The molecule has 1 aromatic carbocycles. The first-order valence-electron chi connectivity index (χ1n) is 10.7. The predicted octanol–water partition coefficient (Wildman–Crippen LogP) is 3.67. The third kappa shape index (κ3) is 4.21. The Morgan fingerprint density at radius 3 is 2.75 bits per heavy atom. The van der Waals surface area contributed by atoms with Gasteiger partial charge in [0.25, 0.3) is 5.91 Å². The number of nitrogens with one attached hydrogen (secondary N) is 1. The van der Waals surface area contributed by atoms with Crippen LogP contribution in [0.15, 0.2) is 52.1 Å². The quantitative estimate of drug-likeness (QED) is 0.480. The standard InChI is InChI=1S/C24H27N5O3/c1-15(2)9-10-29-21-8-7-20(27-22(21)28(4)24(29)31)19-11-18(6-5-16(19)3)23(30)25-12-17-13-26-32-14-17/h5-8,11,13-15H,9-10,12H2,1-4H3,(H,25,30). The Morgan fingerprint density at radius 2 is 2.03 bits per heavy atom. The van der Waals surface area contributed by atoms with Gasteiger partial charge in [-0.15, -0.1) is 0 Å². The highest BCUT2D eigenvalue weighted by atomic mass is 16.5. The molecular formula is C24H27N5O3. The lowest BCUT2D eigenvalue weighted by Crippen LogP contribution is -2.22. The maximum Gasteiger partial charge on any atom is 0.330 e. The molecule has 8 heteroatoms. The molecule has 0 aliphatic heterocycles. The van der Waals surface area contributed by atoms with Gasteiger partial charge in [0.15, 0.2) is 5.65 Å². The number of aromatic nitrogens is 4. The summed E-state index contributed by atoms with van der Waals surface area (Å²) >= 11 is 0. The fourth-order valence-electron chi connectivity index (χ4n) is 3.66. The van der Waals surface area contributed by atoms with Gasteiger partial charge in [-0.05, 0) is 49.1 Å². The second-order valence-electron chi connectivity index (χ2n) is 8.46. The van der Waals surface area contributed by atoms with Gasteiger partial charge in [0.05, 0.1) is 17.4 Å². The van der Waals surface area contributed by atoms with Gasteiger partial charge in [0, 0.05) is 36.8 Å². The number of carbonyl (C=O) groups is 1. The molecule has 32 heavy (non-hydrogen) atoms. The number of carbonyl (C=O) groups excluding carboxylic acids is 1. The maximum absolute atomic E-state index is 12.8. The Bertz CT molecular complexity index is 1320. The molecule has 0 saturated heterocycles. The molecule has 0 aliphatic rings. The van der Waals surface area contributed by atoms with Crippen molar-refractivity contribution < 1.29 is 9.32 Å². The van der Waals surface area contributed by atoms with E-state index in [1.54, 1.807) is 28.4 Å². The highest BCUT2D eigenvalue weighted by Crippen LogP contribution is 2.25. The van der Waals surface area contributed by atoms with Crippen LogP contribution in [0.25, 0.3) is 22.4 Å². The van der Waals surface area contributed by atoms with Gasteiger partial charge in [0.2, 0.25) is 0 Å². The number of pyridine rings is 1. The van der Waals surface area contributed by atoms with Gasteiger partial charge in [-0.25, -0.2) is 9.78 Å². The number of benzene rings is 1. The Balaban J connectivity index is 1.66. The molecule has 3 heterocycles. The van der Waals surface area contributed by atoms with E-state index in [-0.39, 0.29) is 11.6 Å². The van der Waals surface area contributed by atoms with Gasteiger partial charge >= 0.3 is 5.69 Å². The fraction of sp³-hybridized carbons (Fsp3) is 0.333. The second-order valence-corrected chi connectivity index (χ2v) is 8.46. The van der Waals surface area contributed by atoms with Gasteiger partial charge < -0.3 is 9.84 Å². The van der Waals surface area contributed by atoms with Crippen LogP contribution in [0.2, 0.25) is 0 Å². The Hall–Kier alpha value is -3.68. The summed E-state index contributed by atoms with van der Waals surface area (Å²) in [5.41, 5.74) is 5.29. The van der Waals surface area contributed by atoms with Crippen molar-refractivity contribution in [1.82, 2.24) is 24.6 Å². The molecular weight excluding hydrogens is 406 g/mol. The first-order chi connectivity index (χ1) is 15.3. The summed E-state index contributed by atoms with van der Waals surface area (Å²) in [5.74, 6) is 0.312. The third-order valence-corrected chi connectivity index (χ3v) is 5.62. The number of aryl methyl sites for hydroxylation is 3. The van der Waals surface area contributed by atoms with E-state index < -0.39 is 0 Å². The van der Waals surface area contributed by atoms with Crippen molar-refractivity contribution in [2.45, 2.75) is 40.3 Å². The molecule has 0 bridgehead atoms. The number of hydrogen-bond acceptors (Lipinski definition) is 5. The van der Waals surface area contributed by atoms with E-state index in [4.69, 9.17) is 9.51 Å². The van der Waals surface area contributed by atoms with Gasteiger partial charge in [-0.2, -0.15) is 0 Å². The van der Waals surface area contributed by atoms with Crippen molar-refractivity contribution in [3.63, 3.8) is 0 Å². The molecule has 166 valence electrons. The van der Waals surface area contributed by atoms with Crippen LogP contribution in [0, 0.1) is 12.8 Å². The SMILES string of the molecule is Cc1ccc(C(=O)NCc2cnoc2)cc1-c1ccc2c(n1)n(C)c(=O)n2CCC(C)C. The van der Waals surface area contributed by atoms with Crippen molar-refractivity contribution in [2.24, 2.45) is 13.0 Å². The number of imidazole rings is 1. The summed E-state index contributed by atoms with van der Waals surface area (Å²) in [6.07, 6.45) is 3.99.